The van der Waals surface area contributed by atoms with Crippen molar-refractivity contribution in [1.82, 2.24) is 9.97 Å². The van der Waals surface area contributed by atoms with Crippen molar-refractivity contribution in [3.05, 3.63) is 88.9 Å². The van der Waals surface area contributed by atoms with Crippen molar-refractivity contribution in [3.63, 3.8) is 0 Å². The Bertz CT molecular complexity index is 1060. The topological polar surface area (TPSA) is 49.8 Å². The fraction of sp³-hybridized carbons (Fsp3) is 0.0909. The summed E-state index contributed by atoms with van der Waals surface area (Å²) in [6.45, 7) is 2.78. The molecule has 0 amide bonds. The molecule has 5 heteroatoms. The SMILES string of the molecule is Cc1ccc(CNc2nc(Nc3ccc(Cl)cc3)nc3ccccc23)cc1. The maximum Gasteiger partial charge on any atom is 0.229 e. The number of nitrogens with zero attached hydrogens (tertiary/aromatic N) is 2. The second-order valence-corrected chi connectivity index (χ2v) is 6.82. The summed E-state index contributed by atoms with van der Waals surface area (Å²) >= 11 is 5.96. The first-order valence-corrected chi connectivity index (χ1v) is 9.14. The number of anilines is 3. The van der Waals surface area contributed by atoms with Crippen LogP contribution >= 0.6 is 11.6 Å². The van der Waals surface area contributed by atoms with E-state index in [4.69, 9.17) is 11.6 Å². The molecule has 1 aromatic heterocycles. The molecule has 134 valence electrons. The van der Waals surface area contributed by atoms with Crippen LogP contribution in [0.5, 0.6) is 0 Å². The first-order valence-electron chi connectivity index (χ1n) is 8.76. The Morgan fingerprint density at radius 3 is 2.37 bits per heavy atom. The highest BCUT2D eigenvalue weighted by Gasteiger charge is 2.08. The van der Waals surface area contributed by atoms with Crippen molar-refractivity contribution in [2.24, 2.45) is 0 Å². The summed E-state index contributed by atoms with van der Waals surface area (Å²) in [6.07, 6.45) is 0. The summed E-state index contributed by atoms with van der Waals surface area (Å²) in [6, 6.07) is 23.9. The van der Waals surface area contributed by atoms with E-state index in [2.05, 4.69) is 51.8 Å². The van der Waals surface area contributed by atoms with E-state index in [1.807, 2.05) is 48.5 Å². The van der Waals surface area contributed by atoms with E-state index in [1.165, 1.54) is 11.1 Å². The van der Waals surface area contributed by atoms with Gasteiger partial charge in [0.25, 0.3) is 0 Å². The highest BCUT2D eigenvalue weighted by atomic mass is 35.5. The molecule has 27 heavy (non-hydrogen) atoms. The van der Waals surface area contributed by atoms with Crippen LogP contribution in [0.1, 0.15) is 11.1 Å². The number of aryl methyl sites for hydroxylation is 1. The summed E-state index contributed by atoms with van der Waals surface area (Å²) in [5.74, 6) is 1.35. The van der Waals surface area contributed by atoms with Crippen LogP contribution in [0.3, 0.4) is 0 Å². The van der Waals surface area contributed by atoms with E-state index >= 15 is 0 Å². The molecule has 4 rings (SSSR count). The number of hydrogen-bond acceptors (Lipinski definition) is 4. The van der Waals surface area contributed by atoms with Gasteiger partial charge in [0.15, 0.2) is 0 Å². The monoisotopic (exact) mass is 374 g/mol. The quantitative estimate of drug-likeness (QED) is 0.453. The molecular weight excluding hydrogens is 356 g/mol. The normalized spacial score (nSPS) is 10.7. The van der Waals surface area contributed by atoms with E-state index in [1.54, 1.807) is 0 Å². The third-order valence-electron chi connectivity index (χ3n) is 4.28. The largest absolute Gasteiger partial charge is 0.365 e. The fourth-order valence-electron chi connectivity index (χ4n) is 2.82. The van der Waals surface area contributed by atoms with Gasteiger partial charge in [-0.05, 0) is 48.9 Å². The Balaban J connectivity index is 1.63. The predicted molar refractivity (Wildman–Crippen MR) is 113 cm³/mol. The van der Waals surface area contributed by atoms with Crippen LogP contribution in [0.15, 0.2) is 72.8 Å². The molecule has 0 saturated heterocycles. The van der Waals surface area contributed by atoms with Crippen LogP contribution in [0, 0.1) is 6.92 Å². The number of aromatic nitrogens is 2. The Morgan fingerprint density at radius 2 is 1.59 bits per heavy atom. The predicted octanol–water partition coefficient (Wildman–Crippen LogP) is 5.95. The molecule has 0 aliphatic heterocycles. The van der Waals surface area contributed by atoms with Gasteiger partial charge < -0.3 is 10.6 Å². The maximum absolute atomic E-state index is 5.96. The molecule has 0 radical (unpaired) electrons. The smallest absolute Gasteiger partial charge is 0.229 e. The number of rotatable bonds is 5. The van der Waals surface area contributed by atoms with E-state index in [0.717, 1.165) is 22.4 Å². The molecular formula is C22H19ClN4. The van der Waals surface area contributed by atoms with Crippen LogP contribution < -0.4 is 10.6 Å². The van der Waals surface area contributed by atoms with E-state index in [9.17, 15) is 0 Å². The van der Waals surface area contributed by atoms with E-state index in [-0.39, 0.29) is 0 Å². The van der Waals surface area contributed by atoms with Gasteiger partial charge in [-0.3, -0.25) is 0 Å². The lowest BCUT2D eigenvalue weighted by Gasteiger charge is -2.12. The van der Waals surface area contributed by atoms with Crippen LogP contribution in [0.25, 0.3) is 10.9 Å². The number of nitrogens with one attached hydrogen (secondary N) is 2. The third kappa shape index (κ3) is 4.18. The number of hydrogen-bond donors (Lipinski definition) is 2. The number of fused-ring (bicyclic) bond motifs is 1. The first kappa shape index (κ1) is 17.3. The zero-order valence-corrected chi connectivity index (χ0v) is 15.7. The summed E-state index contributed by atoms with van der Waals surface area (Å²) in [5, 5.41) is 8.38. The van der Waals surface area contributed by atoms with E-state index < -0.39 is 0 Å². The summed E-state index contributed by atoms with van der Waals surface area (Å²) in [7, 11) is 0. The molecule has 0 fully saturated rings. The highest BCUT2D eigenvalue weighted by molar-refractivity contribution is 6.30. The molecule has 1 heterocycles. The molecule has 0 unspecified atom stereocenters. The van der Waals surface area contributed by atoms with Crippen LogP contribution in [0.4, 0.5) is 17.5 Å². The van der Waals surface area contributed by atoms with Gasteiger partial charge in [-0.1, -0.05) is 53.6 Å². The molecule has 0 spiro atoms. The van der Waals surface area contributed by atoms with Crippen molar-refractivity contribution in [2.45, 2.75) is 13.5 Å². The molecule has 0 aliphatic rings. The molecule has 4 nitrogen and oxygen atoms in total. The van der Waals surface area contributed by atoms with Gasteiger partial charge in [-0.2, -0.15) is 4.98 Å². The van der Waals surface area contributed by atoms with Crippen molar-refractivity contribution in [3.8, 4) is 0 Å². The van der Waals surface area contributed by atoms with Crippen molar-refractivity contribution >= 4 is 40.0 Å². The second kappa shape index (κ2) is 7.64. The summed E-state index contributed by atoms with van der Waals surface area (Å²) in [4.78, 5) is 9.31. The Morgan fingerprint density at radius 1 is 0.852 bits per heavy atom. The minimum absolute atomic E-state index is 0.544. The molecule has 0 aliphatic carbocycles. The van der Waals surface area contributed by atoms with Gasteiger partial charge >= 0.3 is 0 Å². The first-order chi connectivity index (χ1) is 13.2. The molecule has 0 bridgehead atoms. The van der Waals surface area contributed by atoms with Gasteiger partial charge in [0.05, 0.1) is 5.52 Å². The number of para-hydroxylation sites is 1. The summed E-state index contributed by atoms with van der Waals surface area (Å²) < 4.78 is 0. The Labute approximate surface area is 163 Å². The van der Waals surface area contributed by atoms with Crippen LogP contribution in [0.2, 0.25) is 5.02 Å². The zero-order valence-electron chi connectivity index (χ0n) is 14.9. The molecule has 0 atom stereocenters. The lowest BCUT2D eigenvalue weighted by Crippen LogP contribution is -2.05. The van der Waals surface area contributed by atoms with Crippen molar-refractivity contribution < 1.29 is 0 Å². The maximum atomic E-state index is 5.96. The van der Waals surface area contributed by atoms with E-state index in [0.29, 0.717) is 17.5 Å². The molecule has 0 saturated carbocycles. The van der Waals surface area contributed by atoms with Gasteiger partial charge in [0.2, 0.25) is 5.95 Å². The lowest BCUT2D eigenvalue weighted by atomic mass is 10.1. The Kier molecular flexibility index (Phi) is 4.90. The van der Waals surface area contributed by atoms with Crippen molar-refractivity contribution in [1.29, 1.82) is 0 Å². The second-order valence-electron chi connectivity index (χ2n) is 6.38. The highest BCUT2D eigenvalue weighted by Crippen LogP contribution is 2.24. The standard InChI is InChI=1S/C22H19ClN4/c1-15-6-8-16(9-7-15)14-24-21-19-4-2-3-5-20(19)26-22(27-21)25-18-12-10-17(23)11-13-18/h2-13H,14H2,1H3,(H2,24,25,26,27). The number of benzene rings is 3. The molecule has 2 N–H and O–H groups in total. The average Bonchev–Trinajstić information content (AvgIpc) is 2.69. The molecule has 4 aromatic rings. The number of halogens is 1. The van der Waals surface area contributed by atoms with Gasteiger partial charge in [-0.15, -0.1) is 0 Å². The van der Waals surface area contributed by atoms with Gasteiger partial charge in [-0.25, -0.2) is 4.98 Å². The average molecular weight is 375 g/mol. The van der Waals surface area contributed by atoms with Crippen molar-refractivity contribution in [2.75, 3.05) is 10.6 Å². The summed E-state index contributed by atoms with van der Waals surface area (Å²) in [5.41, 5.74) is 4.23. The minimum Gasteiger partial charge on any atom is -0.365 e. The minimum atomic E-state index is 0.544. The molecule has 3 aromatic carbocycles. The van der Waals surface area contributed by atoms with Crippen LogP contribution in [-0.2, 0) is 6.54 Å². The Hall–Kier alpha value is -3.11. The third-order valence-corrected chi connectivity index (χ3v) is 4.54. The van der Waals surface area contributed by atoms with Crippen LogP contribution in [-0.4, -0.2) is 9.97 Å². The van der Waals surface area contributed by atoms with Gasteiger partial charge in [0, 0.05) is 22.6 Å². The lowest BCUT2D eigenvalue weighted by molar-refractivity contribution is 1.10. The zero-order chi connectivity index (χ0) is 18.6. The van der Waals surface area contributed by atoms with Gasteiger partial charge in [0.1, 0.15) is 5.82 Å². The fourth-order valence-corrected chi connectivity index (χ4v) is 2.95.